The molecule has 146 valence electrons. The average Bonchev–Trinajstić information content (AvgIpc) is 3.28. The number of halogens is 1. The molecule has 0 amide bonds. The predicted molar refractivity (Wildman–Crippen MR) is 113 cm³/mol. The van der Waals surface area contributed by atoms with E-state index < -0.39 is 10.0 Å². The van der Waals surface area contributed by atoms with E-state index in [9.17, 15) is 12.8 Å². The number of rotatable bonds is 6. The smallest absolute Gasteiger partial charge is 0.240 e. The Kier molecular flexibility index (Phi) is 5.53. The standard InChI is InChI=1S/C22H17FN2O2S2/c23-20-7-3-16(4-8-20)17-5-9-21(10-6-17)29(26,27)25-14-18-2-1-12-24-22(18)19-11-13-28-15-19/h1-13,15,25H,14H2. The fraction of sp³-hybridized carbons (Fsp3) is 0.0455. The molecule has 4 rings (SSSR count). The number of hydrogen-bond acceptors (Lipinski definition) is 4. The minimum atomic E-state index is -3.68. The summed E-state index contributed by atoms with van der Waals surface area (Å²) in [6.07, 6.45) is 1.69. The normalized spacial score (nSPS) is 11.5. The van der Waals surface area contributed by atoms with Crippen LogP contribution in [0.15, 0.2) is 88.6 Å². The minimum Gasteiger partial charge on any atom is -0.256 e. The minimum absolute atomic E-state index is 0.140. The van der Waals surface area contributed by atoms with Gasteiger partial charge in [-0.2, -0.15) is 11.3 Å². The molecule has 0 spiro atoms. The van der Waals surface area contributed by atoms with Crippen molar-refractivity contribution in [3.05, 3.63) is 95.1 Å². The molecule has 0 fully saturated rings. The van der Waals surface area contributed by atoms with Crippen LogP contribution in [-0.4, -0.2) is 13.4 Å². The lowest BCUT2D eigenvalue weighted by molar-refractivity contribution is 0.581. The fourth-order valence-corrected chi connectivity index (χ4v) is 4.61. The van der Waals surface area contributed by atoms with E-state index in [4.69, 9.17) is 0 Å². The van der Waals surface area contributed by atoms with Gasteiger partial charge in [0.25, 0.3) is 0 Å². The Morgan fingerprint density at radius 1 is 0.897 bits per heavy atom. The summed E-state index contributed by atoms with van der Waals surface area (Å²) >= 11 is 1.56. The van der Waals surface area contributed by atoms with E-state index >= 15 is 0 Å². The third-order valence-electron chi connectivity index (χ3n) is 4.48. The Balaban J connectivity index is 1.52. The summed E-state index contributed by atoms with van der Waals surface area (Å²) in [5.74, 6) is -0.311. The van der Waals surface area contributed by atoms with Crippen molar-refractivity contribution in [1.29, 1.82) is 0 Å². The van der Waals surface area contributed by atoms with Crippen LogP contribution in [0.3, 0.4) is 0 Å². The van der Waals surface area contributed by atoms with Crippen LogP contribution in [0.5, 0.6) is 0 Å². The van der Waals surface area contributed by atoms with Gasteiger partial charge in [-0.15, -0.1) is 0 Å². The summed E-state index contributed by atoms with van der Waals surface area (Å²) < 4.78 is 41.2. The maximum Gasteiger partial charge on any atom is 0.240 e. The number of thiophene rings is 1. The van der Waals surface area contributed by atoms with Gasteiger partial charge in [0.15, 0.2) is 0 Å². The lowest BCUT2D eigenvalue weighted by atomic mass is 10.1. The van der Waals surface area contributed by atoms with Crippen molar-refractivity contribution in [2.24, 2.45) is 0 Å². The summed E-state index contributed by atoms with van der Waals surface area (Å²) in [5, 5.41) is 3.94. The van der Waals surface area contributed by atoms with Gasteiger partial charge in [-0.25, -0.2) is 17.5 Å². The van der Waals surface area contributed by atoms with Gasteiger partial charge in [0, 0.05) is 23.7 Å². The number of benzene rings is 2. The molecule has 0 aliphatic rings. The van der Waals surface area contributed by atoms with Gasteiger partial charge >= 0.3 is 0 Å². The topological polar surface area (TPSA) is 59.1 Å². The van der Waals surface area contributed by atoms with Gasteiger partial charge in [-0.3, -0.25) is 4.98 Å². The van der Waals surface area contributed by atoms with Gasteiger partial charge in [-0.1, -0.05) is 30.3 Å². The highest BCUT2D eigenvalue weighted by molar-refractivity contribution is 7.89. The summed E-state index contributed by atoms with van der Waals surface area (Å²) in [5.41, 5.74) is 4.17. The van der Waals surface area contributed by atoms with Gasteiger partial charge in [0.2, 0.25) is 10.0 Å². The van der Waals surface area contributed by atoms with E-state index in [0.717, 1.165) is 27.9 Å². The molecule has 0 radical (unpaired) electrons. The van der Waals surface area contributed by atoms with Crippen LogP contribution in [0.4, 0.5) is 4.39 Å². The third-order valence-corrected chi connectivity index (χ3v) is 6.58. The monoisotopic (exact) mass is 424 g/mol. The summed E-state index contributed by atoms with van der Waals surface area (Å²) in [6, 6.07) is 18.2. The van der Waals surface area contributed by atoms with Crippen molar-refractivity contribution < 1.29 is 12.8 Å². The van der Waals surface area contributed by atoms with Crippen molar-refractivity contribution in [2.75, 3.05) is 0 Å². The molecular weight excluding hydrogens is 407 g/mol. The molecule has 0 saturated carbocycles. The van der Waals surface area contributed by atoms with Gasteiger partial charge in [-0.05, 0) is 58.5 Å². The SMILES string of the molecule is O=S(=O)(NCc1cccnc1-c1ccsc1)c1ccc(-c2ccc(F)cc2)cc1. The first-order valence-electron chi connectivity index (χ1n) is 8.85. The van der Waals surface area contributed by atoms with Gasteiger partial charge < -0.3 is 0 Å². The maximum atomic E-state index is 13.1. The largest absolute Gasteiger partial charge is 0.256 e. The number of sulfonamides is 1. The van der Waals surface area contributed by atoms with Gasteiger partial charge in [0.05, 0.1) is 10.6 Å². The van der Waals surface area contributed by atoms with Crippen molar-refractivity contribution in [1.82, 2.24) is 9.71 Å². The van der Waals surface area contributed by atoms with Crippen LogP contribution in [0.2, 0.25) is 0 Å². The van der Waals surface area contributed by atoms with Crippen LogP contribution >= 0.6 is 11.3 Å². The lowest BCUT2D eigenvalue weighted by Gasteiger charge is -2.10. The van der Waals surface area contributed by atoms with Crippen LogP contribution in [-0.2, 0) is 16.6 Å². The zero-order valence-corrected chi connectivity index (χ0v) is 16.9. The first-order valence-corrected chi connectivity index (χ1v) is 11.3. The quantitative estimate of drug-likeness (QED) is 0.469. The molecule has 7 heteroatoms. The molecule has 2 aromatic carbocycles. The van der Waals surface area contributed by atoms with E-state index in [0.29, 0.717) is 0 Å². The van der Waals surface area contributed by atoms with Crippen LogP contribution in [0.1, 0.15) is 5.56 Å². The molecule has 2 heterocycles. The highest BCUT2D eigenvalue weighted by atomic mass is 32.2. The zero-order chi connectivity index (χ0) is 20.3. The van der Waals surface area contributed by atoms with Crippen LogP contribution < -0.4 is 4.72 Å². The Morgan fingerprint density at radius 3 is 2.24 bits per heavy atom. The molecular formula is C22H17FN2O2S2. The highest BCUT2D eigenvalue weighted by Gasteiger charge is 2.15. The molecule has 4 aromatic rings. The van der Waals surface area contributed by atoms with Crippen LogP contribution in [0.25, 0.3) is 22.4 Å². The maximum absolute atomic E-state index is 13.1. The molecule has 1 N–H and O–H groups in total. The fourth-order valence-electron chi connectivity index (χ4n) is 2.97. The number of nitrogens with zero attached hydrogens (tertiary/aromatic N) is 1. The third kappa shape index (κ3) is 4.42. The first-order chi connectivity index (χ1) is 14.0. The van der Waals surface area contributed by atoms with E-state index in [1.807, 2.05) is 22.9 Å². The van der Waals surface area contributed by atoms with Crippen LogP contribution in [0, 0.1) is 5.82 Å². The molecule has 4 nitrogen and oxygen atoms in total. The zero-order valence-electron chi connectivity index (χ0n) is 15.2. The van der Waals surface area contributed by atoms with Gasteiger partial charge in [0.1, 0.15) is 5.82 Å². The van der Waals surface area contributed by atoms with E-state index in [2.05, 4.69) is 9.71 Å². The molecule has 29 heavy (non-hydrogen) atoms. The molecule has 0 unspecified atom stereocenters. The first kappa shape index (κ1) is 19.4. The summed E-state index contributed by atoms with van der Waals surface area (Å²) in [6.45, 7) is 0.140. The second-order valence-electron chi connectivity index (χ2n) is 6.38. The number of aromatic nitrogens is 1. The summed E-state index contributed by atoms with van der Waals surface area (Å²) in [4.78, 5) is 4.56. The second-order valence-corrected chi connectivity index (χ2v) is 8.93. The molecule has 2 aromatic heterocycles. The predicted octanol–water partition coefficient (Wildman–Crippen LogP) is 5.09. The van der Waals surface area contributed by atoms with E-state index in [1.165, 1.54) is 12.1 Å². The molecule has 0 aliphatic heterocycles. The number of nitrogens with one attached hydrogen (secondary N) is 1. The van der Waals surface area contributed by atoms with Crippen molar-refractivity contribution in [3.8, 4) is 22.4 Å². The number of pyridine rings is 1. The lowest BCUT2D eigenvalue weighted by Crippen LogP contribution is -2.23. The van der Waals surface area contributed by atoms with Crippen molar-refractivity contribution >= 4 is 21.4 Å². The molecule has 0 bridgehead atoms. The second kappa shape index (κ2) is 8.24. The molecule has 0 atom stereocenters. The highest BCUT2D eigenvalue weighted by Crippen LogP contribution is 2.25. The van der Waals surface area contributed by atoms with E-state index in [1.54, 1.807) is 60.0 Å². The molecule has 0 saturated heterocycles. The average molecular weight is 425 g/mol. The Bertz CT molecular complexity index is 1200. The Hall–Kier alpha value is -2.87. The molecule has 0 aliphatic carbocycles. The van der Waals surface area contributed by atoms with Crippen molar-refractivity contribution in [2.45, 2.75) is 11.4 Å². The van der Waals surface area contributed by atoms with Crippen molar-refractivity contribution in [3.63, 3.8) is 0 Å². The summed E-state index contributed by atoms with van der Waals surface area (Å²) in [7, 11) is -3.68. The Morgan fingerprint density at radius 2 is 1.59 bits per heavy atom. The Labute approximate surface area is 172 Å². The number of hydrogen-bond donors (Lipinski definition) is 1. The van der Waals surface area contributed by atoms with E-state index in [-0.39, 0.29) is 17.3 Å².